The number of carbonyl (C=O) groups excluding carboxylic acids is 1. The fraction of sp³-hybridized carbons (Fsp3) is 0.429. The SMILES string of the molecule is Cn1ccnc1[C@@H](O)C1CCN(C(=O)CCc2c[nH]c3ccccc23)CC1. The predicted molar refractivity (Wildman–Crippen MR) is 104 cm³/mol. The van der Waals surface area contributed by atoms with Crippen molar-refractivity contribution in [2.75, 3.05) is 13.1 Å². The average molecular weight is 366 g/mol. The normalized spacial score (nSPS) is 16.7. The van der Waals surface area contributed by atoms with E-state index < -0.39 is 6.10 Å². The van der Waals surface area contributed by atoms with Gasteiger partial charge in [0.2, 0.25) is 5.91 Å². The van der Waals surface area contributed by atoms with Gasteiger partial charge in [0, 0.05) is 56.1 Å². The third kappa shape index (κ3) is 3.62. The molecule has 0 unspecified atom stereocenters. The average Bonchev–Trinajstić information content (AvgIpc) is 3.32. The van der Waals surface area contributed by atoms with Crippen LogP contribution in [0.15, 0.2) is 42.9 Å². The smallest absolute Gasteiger partial charge is 0.222 e. The molecular weight excluding hydrogens is 340 g/mol. The minimum atomic E-state index is -0.562. The first-order chi connectivity index (χ1) is 13.1. The number of amides is 1. The summed E-state index contributed by atoms with van der Waals surface area (Å²) in [6.45, 7) is 1.41. The second-order valence-electron chi connectivity index (χ2n) is 7.42. The third-order valence-corrected chi connectivity index (χ3v) is 5.74. The van der Waals surface area contributed by atoms with Crippen LogP contribution in [0.3, 0.4) is 0 Å². The summed E-state index contributed by atoms with van der Waals surface area (Å²) in [7, 11) is 1.90. The fourth-order valence-electron chi connectivity index (χ4n) is 4.08. The van der Waals surface area contributed by atoms with Gasteiger partial charge in [-0.05, 0) is 36.8 Å². The van der Waals surface area contributed by atoms with Gasteiger partial charge in [0.15, 0.2) is 0 Å². The number of imidazole rings is 1. The van der Waals surface area contributed by atoms with Crippen LogP contribution in [0.2, 0.25) is 0 Å². The lowest BCUT2D eigenvalue weighted by Crippen LogP contribution is -2.40. The monoisotopic (exact) mass is 366 g/mol. The minimum Gasteiger partial charge on any atom is -0.385 e. The van der Waals surface area contributed by atoms with Crippen LogP contribution in [0, 0.1) is 5.92 Å². The van der Waals surface area contributed by atoms with Crippen molar-refractivity contribution >= 4 is 16.8 Å². The van der Waals surface area contributed by atoms with E-state index in [2.05, 4.69) is 22.1 Å². The first kappa shape index (κ1) is 17.8. The Morgan fingerprint density at radius 2 is 2.11 bits per heavy atom. The molecule has 6 heteroatoms. The molecule has 1 aliphatic rings. The highest BCUT2D eigenvalue weighted by Gasteiger charge is 2.29. The van der Waals surface area contributed by atoms with Crippen molar-refractivity contribution in [3.05, 3.63) is 54.2 Å². The van der Waals surface area contributed by atoms with Crippen LogP contribution in [0.1, 0.15) is 36.8 Å². The number of benzene rings is 1. The van der Waals surface area contributed by atoms with Gasteiger partial charge in [-0.3, -0.25) is 4.79 Å². The number of nitrogens with zero attached hydrogens (tertiary/aromatic N) is 3. The zero-order valence-electron chi connectivity index (χ0n) is 15.6. The lowest BCUT2D eigenvalue weighted by molar-refractivity contribution is -0.133. The van der Waals surface area contributed by atoms with E-state index in [9.17, 15) is 9.90 Å². The molecule has 1 aliphatic heterocycles. The molecule has 1 fully saturated rings. The number of likely N-dealkylation sites (tertiary alicyclic amines) is 1. The number of aliphatic hydroxyl groups is 1. The lowest BCUT2D eigenvalue weighted by atomic mass is 9.90. The Balaban J connectivity index is 1.30. The molecule has 1 aromatic carbocycles. The number of aryl methyl sites for hydroxylation is 2. The topological polar surface area (TPSA) is 74.2 Å². The van der Waals surface area contributed by atoms with Crippen LogP contribution in [0.25, 0.3) is 10.9 Å². The quantitative estimate of drug-likeness (QED) is 0.729. The number of aliphatic hydroxyl groups excluding tert-OH is 1. The number of piperidine rings is 1. The first-order valence-corrected chi connectivity index (χ1v) is 9.61. The van der Waals surface area contributed by atoms with E-state index in [0.717, 1.165) is 24.8 Å². The molecule has 27 heavy (non-hydrogen) atoms. The van der Waals surface area contributed by atoms with Gasteiger partial charge in [0.1, 0.15) is 11.9 Å². The number of para-hydroxylation sites is 1. The summed E-state index contributed by atoms with van der Waals surface area (Å²) < 4.78 is 1.86. The molecule has 2 N–H and O–H groups in total. The van der Waals surface area contributed by atoms with Crippen molar-refractivity contribution < 1.29 is 9.90 Å². The van der Waals surface area contributed by atoms with Gasteiger partial charge in [-0.15, -0.1) is 0 Å². The molecule has 142 valence electrons. The number of fused-ring (bicyclic) bond motifs is 1. The number of aromatic nitrogens is 3. The number of aromatic amines is 1. The van der Waals surface area contributed by atoms with Crippen molar-refractivity contribution in [1.29, 1.82) is 0 Å². The molecule has 0 aliphatic carbocycles. The van der Waals surface area contributed by atoms with Crippen molar-refractivity contribution in [1.82, 2.24) is 19.4 Å². The highest BCUT2D eigenvalue weighted by atomic mass is 16.3. The molecule has 3 heterocycles. The number of hydrogen-bond acceptors (Lipinski definition) is 3. The van der Waals surface area contributed by atoms with Crippen molar-refractivity contribution in [3.63, 3.8) is 0 Å². The van der Waals surface area contributed by atoms with Crippen LogP contribution in [0.5, 0.6) is 0 Å². The standard InChI is InChI=1S/C21H26N4O2/c1-24-13-10-22-21(24)20(27)15-8-11-25(12-9-15)19(26)7-6-16-14-23-18-5-3-2-4-17(16)18/h2-5,10,13-15,20,23,27H,6-9,11-12H2,1H3/t20-/m0/s1. The Morgan fingerprint density at radius 3 is 2.85 bits per heavy atom. The van der Waals surface area contributed by atoms with Crippen LogP contribution >= 0.6 is 0 Å². The molecule has 2 aromatic heterocycles. The summed E-state index contributed by atoms with van der Waals surface area (Å²) in [6.07, 6.45) is 7.90. The van der Waals surface area contributed by atoms with E-state index in [1.54, 1.807) is 6.20 Å². The molecule has 4 rings (SSSR count). The highest BCUT2D eigenvalue weighted by molar-refractivity contribution is 5.84. The molecule has 0 radical (unpaired) electrons. The number of hydrogen-bond donors (Lipinski definition) is 2. The van der Waals surface area contributed by atoms with Gasteiger partial charge in [-0.2, -0.15) is 0 Å². The lowest BCUT2D eigenvalue weighted by Gasteiger charge is -2.34. The molecule has 0 bridgehead atoms. The Kier molecular flexibility index (Phi) is 4.99. The summed E-state index contributed by atoms with van der Waals surface area (Å²) in [4.78, 5) is 22.1. The minimum absolute atomic E-state index is 0.156. The van der Waals surface area contributed by atoms with Crippen molar-refractivity contribution in [2.45, 2.75) is 31.8 Å². The summed E-state index contributed by atoms with van der Waals surface area (Å²) in [6, 6.07) is 8.19. The molecule has 3 aromatic rings. The van der Waals surface area contributed by atoms with Gasteiger partial charge >= 0.3 is 0 Å². The Morgan fingerprint density at radius 1 is 1.33 bits per heavy atom. The molecule has 6 nitrogen and oxygen atoms in total. The second kappa shape index (κ2) is 7.56. The predicted octanol–water partition coefficient (Wildman–Crippen LogP) is 2.81. The maximum Gasteiger partial charge on any atom is 0.222 e. The van der Waals surface area contributed by atoms with Crippen LogP contribution in [-0.4, -0.2) is 43.5 Å². The van der Waals surface area contributed by atoms with Gasteiger partial charge < -0.3 is 19.6 Å². The molecule has 0 saturated carbocycles. The highest BCUT2D eigenvalue weighted by Crippen LogP contribution is 2.30. The second-order valence-corrected chi connectivity index (χ2v) is 7.42. The number of rotatable bonds is 5. The van der Waals surface area contributed by atoms with E-state index in [1.807, 2.05) is 41.0 Å². The number of carbonyl (C=O) groups is 1. The van der Waals surface area contributed by atoms with E-state index in [-0.39, 0.29) is 11.8 Å². The Bertz CT molecular complexity index is 921. The number of H-pyrrole nitrogens is 1. The van der Waals surface area contributed by atoms with E-state index in [1.165, 1.54) is 10.9 Å². The van der Waals surface area contributed by atoms with E-state index in [4.69, 9.17) is 0 Å². The van der Waals surface area contributed by atoms with Crippen molar-refractivity contribution in [3.8, 4) is 0 Å². The van der Waals surface area contributed by atoms with Gasteiger partial charge in [0.25, 0.3) is 0 Å². The summed E-state index contributed by atoms with van der Waals surface area (Å²) in [5.41, 5.74) is 2.31. The number of nitrogens with one attached hydrogen (secondary N) is 1. The maximum atomic E-state index is 12.6. The molecule has 0 spiro atoms. The summed E-state index contributed by atoms with van der Waals surface area (Å²) in [5, 5.41) is 11.8. The van der Waals surface area contributed by atoms with Gasteiger partial charge in [-0.25, -0.2) is 4.98 Å². The van der Waals surface area contributed by atoms with Crippen LogP contribution < -0.4 is 0 Å². The van der Waals surface area contributed by atoms with E-state index >= 15 is 0 Å². The van der Waals surface area contributed by atoms with Crippen LogP contribution in [0.4, 0.5) is 0 Å². The van der Waals surface area contributed by atoms with E-state index in [0.29, 0.717) is 25.3 Å². The molecule has 1 amide bonds. The zero-order chi connectivity index (χ0) is 18.8. The Hall–Kier alpha value is -2.60. The first-order valence-electron chi connectivity index (χ1n) is 9.61. The summed E-state index contributed by atoms with van der Waals surface area (Å²) in [5.74, 6) is 1.06. The largest absolute Gasteiger partial charge is 0.385 e. The zero-order valence-corrected chi connectivity index (χ0v) is 15.6. The fourth-order valence-corrected chi connectivity index (χ4v) is 4.08. The molecule has 1 atom stereocenters. The maximum absolute atomic E-state index is 12.6. The van der Waals surface area contributed by atoms with Crippen molar-refractivity contribution in [2.24, 2.45) is 13.0 Å². The summed E-state index contributed by atoms with van der Waals surface area (Å²) >= 11 is 0. The van der Waals surface area contributed by atoms with Crippen LogP contribution in [-0.2, 0) is 18.3 Å². The Labute approximate surface area is 158 Å². The van der Waals surface area contributed by atoms with Gasteiger partial charge in [-0.1, -0.05) is 18.2 Å². The van der Waals surface area contributed by atoms with Gasteiger partial charge in [0.05, 0.1) is 0 Å². The third-order valence-electron chi connectivity index (χ3n) is 5.74. The molecule has 1 saturated heterocycles. The molecular formula is C21H26N4O2.